The summed E-state index contributed by atoms with van der Waals surface area (Å²) in [5.74, 6) is 0.723. The molecular formula is C22H28ClFN2O2. The zero-order chi connectivity index (χ0) is 19.9. The second-order valence-corrected chi connectivity index (χ2v) is 9.44. The van der Waals surface area contributed by atoms with E-state index in [1.807, 2.05) is 0 Å². The first-order valence-corrected chi connectivity index (χ1v) is 10.9. The first-order chi connectivity index (χ1) is 13.4. The van der Waals surface area contributed by atoms with Crippen LogP contribution in [0.3, 0.4) is 0 Å². The van der Waals surface area contributed by atoms with Crippen LogP contribution in [-0.4, -0.2) is 23.4 Å². The zero-order valence-electron chi connectivity index (χ0n) is 16.3. The molecule has 0 radical (unpaired) electrons. The van der Waals surface area contributed by atoms with E-state index in [2.05, 4.69) is 12.3 Å². The molecule has 1 N–H and O–H groups in total. The van der Waals surface area contributed by atoms with E-state index < -0.39 is 17.1 Å². The molecule has 0 unspecified atom stereocenters. The second kappa shape index (κ2) is 7.75. The highest BCUT2D eigenvalue weighted by Crippen LogP contribution is 2.60. The number of hydrazine groups is 1. The Morgan fingerprint density at radius 3 is 2.32 bits per heavy atom. The van der Waals surface area contributed by atoms with Crippen molar-refractivity contribution in [1.29, 1.82) is 0 Å². The Morgan fingerprint density at radius 1 is 1.18 bits per heavy atom. The first kappa shape index (κ1) is 19.8. The molecular weight excluding hydrogens is 379 g/mol. The number of imide groups is 1. The van der Waals surface area contributed by atoms with Crippen molar-refractivity contribution in [3.8, 4) is 0 Å². The van der Waals surface area contributed by atoms with Crippen molar-refractivity contribution in [3.63, 3.8) is 0 Å². The van der Waals surface area contributed by atoms with Crippen LogP contribution >= 0.6 is 11.6 Å². The second-order valence-electron chi connectivity index (χ2n) is 9.03. The molecule has 0 saturated heterocycles. The third kappa shape index (κ3) is 3.59. The molecule has 152 valence electrons. The lowest BCUT2D eigenvalue weighted by Gasteiger charge is -2.56. The molecule has 1 aromatic carbocycles. The van der Waals surface area contributed by atoms with Crippen LogP contribution < -0.4 is 5.43 Å². The molecule has 4 saturated carbocycles. The predicted octanol–water partition coefficient (Wildman–Crippen LogP) is 4.97. The molecule has 4 fully saturated rings. The Kier molecular flexibility index (Phi) is 5.49. The largest absolute Gasteiger partial charge is 0.276 e. The van der Waals surface area contributed by atoms with Crippen LogP contribution in [0.25, 0.3) is 0 Å². The summed E-state index contributed by atoms with van der Waals surface area (Å²) in [6.07, 6.45) is 8.15. The maximum Gasteiger partial charge on any atom is 0.276 e. The number of halogens is 2. The number of hydrogen-bond donors (Lipinski definition) is 1. The van der Waals surface area contributed by atoms with Gasteiger partial charge in [0.2, 0.25) is 5.91 Å². The fourth-order valence-electron chi connectivity index (χ4n) is 6.00. The maximum absolute atomic E-state index is 13.7. The van der Waals surface area contributed by atoms with Crippen LogP contribution in [0.5, 0.6) is 0 Å². The molecule has 0 atom stereocenters. The lowest BCUT2D eigenvalue weighted by atomic mass is 9.49. The van der Waals surface area contributed by atoms with Crippen LogP contribution in [0, 0.1) is 29.0 Å². The number of nitrogens with one attached hydrogen (secondary N) is 1. The summed E-state index contributed by atoms with van der Waals surface area (Å²) in [6, 6.07) is 3.69. The van der Waals surface area contributed by atoms with Gasteiger partial charge in [-0.2, -0.15) is 0 Å². The number of carbonyl (C=O) groups is 2. The molecule has 4 nitrogen and oxygen atoms in total. The summed E-state index contributed by atoms with van der Waals surface area (Å²) in [4.78, 5) is 27.0. The molecule has 5 rings (SSSR count). The van der Waals surface area contributed by atoms with Gasteiger partial charge in [0.25, 0.3) is 5.91 Å². The Hall–Kier alpha value is -1.46. The van der Waals surface area contributed by atoms with E-state index in [1.54, 1.807) is 0 Å². The van der Waals surface area contributed by atoms with Crippen molar-refractivity contribution in [1.82, 2.24) is 10.4 Å². The highest BCUT2D eigenvalue weighted by molar-refractivity contribution is 6.34. The Balaban J connectivity index is 1.62. The van der Waals surface area contributed by atoms with Crippen molar-refractivity contribution < 1.29 is 14.0 Å². The molecule has 4 aliphatic carbocycles. The van der Waals surface area contributed by atoms with E-state index in [0.717, 1.165) is 38.2 Å². The topological polar surface area (TPSA) is 49.4 Å². The summed E-state index contributed by atoms with van der Waals surface area (Å²) in [5, 5.41) is 1.23. The zero-order valence-corrected chi connectivity index (χ0v) is 17.1. The molecule has 0 aromatic heterocycles. The number of unbranched alkanes of at least 4 members (excludes halogenated alkanes) is 1. The van der Waals surface area contributed by atoms with Crippen molar-refractivity contribution >= 4 is 23.4 Å². The number of amides is 2. The van der Waals surface area contributed by atoms with Gasteiger partial charge in [0, 0.05) is 6.54 Å². The van der Waals surface area contributed by atoms with Crippen LogP contribution in [0.4, 0.5) is 4.39 Å². The van der Waals surface area contributed by atoms with Gasteiger partial charge in [-0.15, -0.1) is 0 Å². The first-order valence-electron chi connectivity index (χ1n) is 10.5. The number of benzene rings is 1. The minimum Gasteiger partial charge on any atom is -0.272 e. The smallest absolute Gasteiger partial charge is 0.272 e. The summed E-state index contributed by atoms with van der Waals surface area (Å²) < 4.78 is 13.4. The fourth-order valence-corrected chi connectivity index (χ4v) is 6.24. The lowest BCUT2D eigenvalue weighted by Crippen LogP contribution is -2.59. The summed E-state index contributed by atoms with van der Waals surface area (Å²) in [6.45, 7) is 2.60. The molecule has 1 aromatic rings. The molecule has 0 spiro atoms. The van der Waals surface area contributed by atoms with Gasteiger partial charge < -0.3 is 0 Å². The summed E-state index contributed by atoms with van der Waals surface area (Å²) >= 11 is 6.13. The van der Waals surface area contributed by atoms with Gasteiger partial charge in [0.15, 0.2) is 0 Å². The molecule has 4 bridgehead atoms. The number of rotatable bonds is 6. The standard InChI is InChI=1S/C22H28ClFN2O2/c1-2-3-6-25-26(20(27)18-5-4-17(24)10-19(18)23)21(28)22-11-14-7-15(12-22)9-16(8-14)13-22/h4-5,10,14-16,25H,2-3,6-9,11-13H2,1H3. The Labute approximate surface area is 170 Å². The SMILES string of the molecule is CCCCNN(C(=O)c1ccc(F)cc1Cl)C(=O)C12CC3CC(CC(C3)C1)C2. The van der Waals surface area contributed by atoms with Crippen molar-refractivity contribution in [2.45, 2.75) is 58.3 Å². The minimum atomic E-state index is -0.501. The molecule has 28 heavy (non-hydrogen) atoms. The summed E-state index contributed by atoms with van der Waals surface area (Å²) in [5.41, 5.74) is 2.79. The van der Waals surface area contributed by atoms with Gasteiger partial charge in [0.05, 0.1) is 16.0 Å². The minimum absolute atomic E-state index is 0.0330. The van der Waals surface area contributed by atoms with Crippen LogP contribution in [-0.2, 0) is 4.79 Å². The van der Waals surface area contributed by atoms with Gasteiger partial charge in [-0.1, -0.05) is 24.9 Å². The normalized spacial score (nSPS) is 30.5. The van der Waals surface area contributed by atoms with Crippen LogP contribution in [0.2, 0.25) is 5.02 Å². The molecule has 0 aliphatic heterocycles. The monoisotopic (exact) mass is 406 g/mol. The molecule has 6 heteroatoms. The van der Waals surface area contributed by atoms with E-state index in [9.17, 15) is 14.0 Å². The Bertz CT molecular complexity index is 747. The van der Waals surface area contributed by atoms with Crippen LogP contribution in [0.15, 0.2) is 18.2 Å². The van der Waals surface area contributed by atoms with Gasteiger partial charge in [0.1, 0.15) is 5.82 Å². The lowest BCUT2D eigenvalue weighted by molar-refractivity contribution is -0.157. The Morgan fingerprint density at radius 2 is 1.79 bits per heavy atom. The third-order valence-electron chi connectivity index (χ3n) is 6.86. The van der Waals surface area contributed by atoms with Gasteiger partial charge in [-0.05, 0) is 80.9 Å². The summed E-state index contributed by atoms with van der Waals surface area (Å²) in [7, 11) is 0. The van der Waals surface area contributed by atoms with Crippen molar-refractivity contribution in [2.75, 3.05) is 6.54 Å². The van der Waals surface area contributed by atoms with Gasteiger partial charge >= 0.3 is 0 Å². The van der Waals surface area contributed by atoms with Gasteiger partial charge in [-0.3, -0.25) is 9.59 Å². The van der Waals surface area contributed by atoms with Crippen LogP contribution in [0.1, 0.15) is 68.6 Å². The van der Waals surface area contributed by atoms with E-state index in [4.69, 9.17) is 11.6 Å². The molecule has 4 aliphatic rings. The number of nitrogens with zero attached hydrogens (tertiary/aromatic N) is 1. The highest BCUT2D eigenvalue weighted by atomic mass is 35.5. The quantitative estimate of drug-likeness (QED) is 0.412. The number of carbonyl (C=O) groups excluding carboxylic acids is 2. The van der Waals surface area contributed by atoms with Gasteiger partial charge in [-0.25, -0.2) is 14.8 Å². The van der Waals surface area contributed by atoms with E-state index in [0.29, 0.717) is 24.3 Å². The molecule has 2 amide bonds. The maximum atomic E-state index is 13.7. The predicted molar refractivity (Wildman–Crippen MR) is 106 cm³/mol. The highest BCUT2D eigenvalue weighted by Gasteiger charge is 2.56. The molecule has 0 heterocycles. The average Bonchev–Trinajstić information content (AvgIpc) is 2.63. The van der Waals surface area contributed by atoms with E-state index in [-0.39, 0.29) is 16.5 Å². The third-order valence-corrected chi connectivity index (χ3v) is 7.17. The fraction of sp³-hybridized carbons (Fsp3) is 0.636. The van der Waals surface area contributed by atoms with Crippen molar-refractivity contribution in [3.05, 3.63) is 34.6 Å². The number of hydrogen-bond acceptors (Lipinski definition) is 3. The van der Waals surface area contributed by atoms with E-state index >= 15 is 0 Å². The van der Waals surface area contributed by atoms with E-state index in [1.165, 1.54) is 36.4 Å². The van der Waals surface area contributed by atoms with Crippen molar-refractivity contribution in [2.24, 2.45) is 23.2 Å². The average molecular weight is 407 g/mol.